The zero-order valence-corrected chi connectivity index (χ0v) is 12.3. The Labute approximate surface area is 127 Å². The molecule has 2 rings (SSSR count). The lowest BCUT2D eigenvalue weighted by Gasteiger charge is -2.14. The molecule has 0 saturated carbocycles. The fraction of sp³-hybridized carbons (Fsp3) is 0.286. The van der Waals surface area contributed by atoms with Crippen LogP contribution in [-0.2, 0) is 9.59 Å². The third kappa shape index (κ3) is 3.40. The minimum absolute atomic E-state index is 0.0537. The Bertz CT molecular complexity index is 626. The number of hydrazine groups is 1. The van der Waals surface area contributed by atoms with Gasteiger partial charge in [0.15, 0.2) is 0 Å². The summed E-state index contributed by atoms with van der Waals surface area (Å²) in [7, 11) is 1.47. The molecule has 0 spiro atoms. The molecule has 0 radical (unpaired) electrons. The Kier molecular flexibility index (Phi) is 4.40. The first-order valence-electron chi connectivity index (χ1n) is 6.60. The molecule has 0 aliphatic carbocycles. The molecule has 8 heteroatoms. The van der Waals surface area contributed by atoms with E-state index >= 15 is 0 Å². The molecule has 0 bridgehead atoms. The topological polar surface area (TPSA) is 98.8 Å². The van der Waals surface area contributed by atoms with Crippen LogP contribution in [0.3, 0.4) is 0 Å². The number of nitrogens with one attached hydrogen (secondary N) is 2. The molecule has 1 aliphatic heterocycles. The molecule has 1 heterocycles. The first-order chi connectivity index (χ1) is 10.4. The molecule has 1 aromatic rings. The van der Waals surface area contributed by atoms with Crippen LogP contribution in [0.2, 0.25) is 0 Å². The molecular weight excluding hydrogens is 288 g/mol. The van der Waals surface area contributed by atoms with Crippen molar-refractivity contribution in [3.05, 3.63) is 35.4 Å². The van der Waals surface area contributed by atoms with Gasteiger partial charge in [-0.3, -0.25) is 30.1 Å². The van der Waals surface area contributed by atoms with E-state index in [0.717, 1.165) is 10.5 Å². The second kappa shape index (κ2) is 6.25. The third-order valence-corrected chi connectivity index (χ3v) is 3.16. The quantitative estimate of drug-likeness (QED) is 0.589. The molecule has 22 heavy (non-hydrogen) atoms. The predicted octanol–water partition coefficient (Wildman–Crippen LogP) is -0.350. The van der Waals surface area contributed by atoms with E-state index in [1.165, 1.54) is 11.9 Å². The monoisotopic (exact) mass is 304 g/mol. The highest BCUT2D eigenvalue weighted by Crippen LogP contribution is 2.06. The second-order valence-corrected chi connectivity index (χ2v) is 4.99. The average molecular weight is 304 g/mol. The zero-order valence-electron chi connectivity index (χ0n) is 12.3. The molecule has 1 aliphatic rings. The summed E-state index contributed by atoms with van der Waals surface area (Å²) in [6.45, 7) is 1.41. The zero-order chi connectivity index (χ0) is 16.3. The Hall–Kier alpha value is -2.90. The lowest BCUT2D eigenvalue weighted by molar-refractivity contribution is -0.131. The highest BCUT2D eigenvalue weighted by Gasteiger charge is 2.34. The largest absolute Gasteiger partial charge is 0.327 e. The van der Waals surface area contributed by atoms with Gasteiger partial charge in [-0.15, -0.1) is 0 Å². The first kappa shape index (κ1) is 15.5. The van der Waals surface area contributed by atoms with Crippen molar-refractivity contribution >= 4 is 23.8 Å². The SMILES string of the molecule is Cc1ccc(C(=O)NNC(=O)CN2C(=O)CN(C)C2=O)cc1. The second-order valence-electron chi connectivity index (χ2n) is 4.99. The van der Waals surface area contributed by atoms with Gasteiger partial charge >= 0.3 is 6.03 Å². The fourth-order valence-corrected chi connectivity index (χ4v) is 1.91. The van der Waals surface area contributed by atoms with E-state index in [2.05, 4.69) is 10.9 Å². The number of rotatable bonds is 3. The summed E-state index contributed by atoms with van der Waals surface area (Å²) >= 11 is 0. The minimum atomic E-state index is -0.655. The summed E-state index contributed by atoms with van der Waals surface area (Å²) in [4.78, 5) is 48.7. The number of urea groups is 1. The van der Waals surface area contributed by atoms with Crippen molar-refractivity contribution in [1.82, 2.24) is 20.7 Å². The summed E-state index contributed by atoms with van der Waals surface area (Å²) in [5.41, 5.74) is 5.80. The summed E-state index contributed by atoms with van der Waals surface area (Å²) in [6.07, 6.45) is 0. The molecule has 1 aromatic carbocycles. The molecule has 0 aromatic heterocycles. The van der Waals surface area contributed by atoms with Crippen molar-refractivity contribution in [2.75, 3.05) is 20.1 Å². The Morgan fingerprint density at radius 3 is 2.32 bits per heavy atom. The van der Waals surface area contributed by atoms with E-state index in [4.69, 9.17) is 0 Å². The maximum absolute atomic E-state index is 11.8. The van der Waals surface area contributed by atoms with Crippen LogP contribution in [0.25, 0.3) is 0 Å². The number of nitrogens with zero attached hydrogens (tertiary/aromatic N) is 2. The van der Waals surface area contributed by atoms with Crippen LogP contribution in [0.15, 0.2) is 24.3 Å². The van der Waals surface area contributed by atoms with E-state index in [-0.39, 0.29) is 6.54 Å². The van der Waals surface area contributed by atoms with Gasteiger partial charge in [0.1, 0.15) is 13.1 Å². The first-order valence-corrected chi connectivity index (χ1v) is 6.60. The van der Waals surface area contributed by atoms with E-state index in [1.54, 1.807) is 24.3 Å². The van der Waals surface area contributed by atoms with Gasteiger partial charge in [0, 0.05) is 12.6 Å². The normalized spacial score (nSPS) is 14.3. The maximum Gasteiger partial charge on any atom is 0.327 e. The molecule has 116 valence electrons. The summed E-state index contributed by atoms with van der Waals surface area (Å²) in [5.74, 6) is -1.59. The molecule has 1 saturated heterocycles. The number of imide groups is 1. The van der Waals surface area contributed by atoms with Crippen molar-refractivity contribution in [3.8, 4) is 0 Å². The van der Waals surface area contributed by atoms with Crippen LogP contribution in [0.5, 0.6) is 0 Å². The number of hydrogen-bond donors (Lipinski definition) is 2. The number of aryl methyl sites for hydroxylation is 1. The predicted molar refractivity (Wildman–Crippen MR) is 76.5 cm³/mol. The van der Waals surface area contributed by atoms with Gasteiger partial charge in [0.25, 0.3) is 17.7 Å². The highest BCUT2D eigenvalue weighted by atomic mass is 16.2. The van der Waals surface area contributed by atoms with E-state index in [0.29, 0.717) is 5.56 Å². The average Bonchev–Trinajstić information content (AvgIpc) is 2.72. The maximum atomic E-state index is 11.8. The van der Waals surface area contributed by atoms with E-state index in [1.807, 2.05) is 6.92 Å². The van der Waals surface area contributed by atoms with Crippen LogP contribution >= 0.6 is 0 Å². The van der Waals surface area contributed by atoms with Crippen LogP contribution in [0.4, 0.5) is 4.79 Å². The molecule has 0 atom stereocenters. The minimum Gasteiger partial charge on any atom is -0.318 e. The van der Waals surface area contributed by atoms with Crippen molar-refractivity contribution in [2.24, 2.45) is 0 Å². The Balaban J connectivity index is 1.85. The lowest BCUT2D eigenvalue weighted by atomic mass is 10.1. The summed E-state index contributed by atoms with van der Waals surface area (Å²) in [5, 5.41) is 0. The van der Waals surface area contributed by atoms with Gasteiger partial charge in [-0.25, -0.2) is 4.79 Å². The van der Waals surface area contributed by atoms with Crippen LogP contribution in [-0.4, -0.2) is 53.7 Å². The molecular formula is C14H16N4O4. The molecule has 0 unspecified atom stereocenters. The van der Waals surface area contributed by atoms with Crippen LogP contribution in [0, 0.1) is 6.92 Å². The van der Waals surface area contributed by atoms with Gasteiger partial charge in [-0.05, 0) is 19.1 Å². The number of amides is 5. The smallest absolute Gasteiger partial charge is 0.318 e. The summed E-state index contributed by atoms with van der Waals surface area (Å²) in [6, 6.07) is 6.26. The van der Waals surface area contributed by atoms with Crippen molar-refractivity contribution < 1.29 is 19.2 Å². The van der Waals surface area contributed by atoms with E-state index < -0.39 is 30.3 Å². The highest BCUT2D eigenvalue weighted by molar-refractivity contribution is 6.04. The number of benzene rings is 1. The number of hydrogen-bond acceptors (Lipinski definition) is 4. The van der Waals surface area contributed by atoms with Gasteiger partial charge in [0.2, 0.25) is 0 Å². The number of likely N-dealkylation sites (N-methyl/N-ethyl adjacent to an activating group) is 1. The molecule has 5 amide bonds. The van der Waals surface area contributed by atoms with Crippen molar-refractivity contribution in [1.29, 1.82) is 0 Å². The number of carbonyl (C=O) groups is 4. The lowest BCUT2D eigenvalue weighted by Crippen LogP contribution is -2.47. The molecule has 2 N–H and O–H groups in total. The van der Waals surface area contributed by atoms with Crippen molar-refractivity contribution in [3.63, 3.8) is 0 Å². The molecule has 8 nitrogen and oxygen atoms in total. The Morgan fingerprint density at radius 2 is 1.77 bits per heavy atom. The summed E-state index contributed by atoms with van der Waals surface area (Å²) < 4.78 is 0. The van der Waals surface area contributed by atoms with Gasteiger partial charge < -0.3 is 4.90 Å². The van der Waals surface area contributed by atoms with E-state index in [9.17, 15) is 19.2 Å². The number of carbonyl (C=O) groups excluding carboxylic acids is 4. The van der Waals surface area contributed by atoms with Crippen LogP contribution < -0.4 is 10.9 Å². The molecule has 1 fully saturated rings. The fourth-order valence-electron chi connectivity index (χ4n) is 1.91. The third-order valence-electron chi connectivity index (χ3n) is 3.16. The van der Waals surface area contributed by atoms with Gasteiger partial charge in [-0.1, -0.05) is 17.7 Å². The van der Waals surface area contributed by atoms with Crippen LogP contribution in [0.1, 0.15) is 15.9 Å². The van der Waals surface area contributed by atoms with Gasteiger partial charge in [0.05, 0.1) is 0 Å². The van der Waals surface area contributed by atoms with Gasteiger partial charge in [-0.2, -0.15) is 0 Å². The standard InChI is InChI=1S/C14H16N4O4/c1-9-3-5-10(6-4-9)13(21)16-15-11(19)7-18-12(20)8-17(2)14(18)22/h3-6H,7-8H2,1-2H3,(H,15,19)(H,16,21). The Morgan fingerprint density at radius 1 is 1.14 bits per heavy atom. The van der Waals surface area contributed by atoms with Crippen molar-refractivity contribution in [2.45, 2.75) is 6.92 Å².